The molecule has 0 atom stereocenters. The molecule has 0 saturated carbocycles. The summed E-state index contributed by atoms with van der Waals surface area (Å²) in [7, 11) is 0. The summed E-state index contributed by atoms with van der Waals surface area (Å²) >= 11 is 0. The molecule has 3 heteroatoms. The van der Waals surface area contributed by atoms with Crippen molar-refractivity contribution in [2.45, 2.75) is 0 Å². The third kappa shape index (κ3) is 2.43. The van der Waals surface area contributed by atoms with E-state index in [0.717, 1.165) is 10.8 Å². The van der Waals surface area contributed by atoms with Gasteiger partial charge in [0.1, 0.15) is 0 Å². The van der Waals surface area contributed by atoms with E-state index < -0.39 is 0 Å². The summed E-state index contributed by atoms with van der Waals surface area (Å²) in [6, 6.07) is 13.6. The van der Waals surface area contributed by atoms with Crippen molar-refractivity contribution < 1.29 is 4.79 Å². The number of ketones is 1. The van der Waals surface area contributed by atoms with Gasteiger partial charge in [0.2, 0.25) is 0 Å². The second-order valence-electron chi connectivity index (χ2n) is 3.19. The van der Waals surface area contributed by atoms with Gasteiger partial charge >= 0.3 is 0 Å². The van der Waals surface area contributed by atoms with Gasteiger partial charge in [-0.1, -0.05) is 36.4 Å². The number of benzene rings is 2. The Bertz CT molecular complexity index is 482. The summed E-state index contributed by atoms with van der Waals surface area (Å²) in [4.78, 5) is 11.3. The average Bonchev–Trinajstić information content (AvgIpc) is 2.27. The minimum atomic E-state index is -0.0178. The Labute approximate surface area is 98.9 Å². The van der Waals surface area contributed by atoms with E-state index >= 15 is 0 Å². The molecular weight excluding hydrogens is 254 g/mol. The highest BCUT2D eigenvalue weighted by Gasteiger charge is 2.02. The fraction of sp³-hybridized carbons (Fsp3) is 0.0833. The molecule has 0 bridgehead atoms. The molecule has 0 spiro atoms. The number of halogens is 1. The third-order valence-corrected chi connectivity index (χ3v) is 2.26. The lowest BCUT2D eigenvalue weighted by Crippen LogP contribution is -2.13. The highest BCUT2D eigenvalue weighted by molar-refractivity contribution is 8.93. The van der Waals surface area contributed by atoms with Gasteiger partial charge in [0.25, 0.3) is 0 Å². The van der Waals surface area contributed by atoms with Crippen molar-refractivity contribution >= 4 is 33.5 Å². The van der Waals surface area contributed by atoms with Crippen molar-refractivity contribution in [3.63, 3.8) is 0 Å². The van der Waals surface area contributed by atoms with Gasteiger partial charge in [0.05, 0.1) is 6.54 Å². The van der Waals surface area contributed by atoms with Crippen LogP contribution in [0.1, 0.15) is 10.4 Å². The van der Waals surface area contributed by atoms with Crippen LogP contribution < -0.4 is 5.73 Å². The molecule has 0 unspecified atom stereocenters. The molecule has 0 fully saturated rings. The molecule has 2 nitrogen and oxygen atoms in total. The largest absolute Gasteiger partial charge is 0.324 e. The maximum atomic E-state index is 11.3. The van der Waals surface area contributed by atoms with Gasteiger partial charge in [0, 0.05) is 5.56 Å². The Morgan fingerprint density at radius 2 is 1.73 bits per heavy atom. The number of carbonyl (C=O) groups is 1. The Morgan fingerprint density at radius 3 is 2.40 bits per heavy atom. The van der Waals surface area contributed by atoms with E-state index in [9.17, 15) is 4.79 Å². The summed E-state index contributed by atoms with van der Waals surface area (Å²) in [6.07, 6.45) is 0. The van der Waals surface area contributed by atoms with E-state index in [1.165, 1.54) is 0 Å². The smallest absolute Gasteiger partial charge is 0.176 e. The van der Waals surface area contributed by atoms with E-state index in [1.54, 1.807) is 0 Å². The minimum absolute atomic E-state index is 0. The summed E-state index contributed by atoms with van der Waals surface area (Å²) in [5.41, 5.74) is 5.98. The van der Waals surface area contributed by atoms with Crippen LogP contribution in [0.15, 0.2) is 42.5 Å². The highest BCUT2D eigenvalue weighted by atomic mass is 79.9. The standard InChI is InChI=1S/C12H11NO.BrH/c13-8-12(14)11-6-5-9-3-1-2-4-10(9)7-11;/h1-7H,8,13H2;1H. The van der Waals surface area contributed by atoms with E-state index in [4.69, 9.17) is 5.73 Å². The minimum Gasteiger partial charge on any atom is -0.324 e. The normalized spacial score (nSPS) is 9.67. The fourth-order valence-corrected chi connectivity index (χ4v) is 1.48. The zero-order valence-electron chi connectivity index (χ0n) is 8.14. The number of rotatable bonds is 2. The Morgan fingerprint density at radius 1 is 1.07 bits per heavy atom. The Hall–Kier alpha value is -1.19. The molecule has 2 aromatic rings. The molecule has 0 aromatic heterocycles. The quantitative estimate of drug-likeness (QED) is 0.849. The van der Waals surface area contributed by atoms with Crippen molar-refractivity contribution in [3.05, 3.63) is 48.0 Å². The molecule has 0 aliphatic rings. The van der Waals surface area contributed by atoms with Crippen LogP contribution in [-0.4, -0.2) is 12.3 Å². The van der Waals surface area contributed by atoms with Crippen molar-refractivity contribution in [2.24, 2.45) is 5.73 Å². The first kappa shape index (κ1) is 11.9. The van der Waals surface area contributed by atoms with Gasteiger partial charge in [0.15, 0.2) is 5.78 Å². The van der Waals surface area contributed by atoms with Gasteiger partial charge in [-0.05, 0) is 16.8 Å². The van der Waals surface area contributed by atoms with Gasteiger partial charge in [-0.3, -0.25) is 4.79 Å². The van der Waals surface area contributed by atoms with Gasteiger partial charge in [-0.25, -0.2) is 0 Å². The van der Waals surface area contributed by atoms with Crippen LogP contribution in [-0.2, 0) is 0 Å². The second kappa shape index (κ2) is 5.05. The molecule has 2 rings (SSSR count). The van der Waals surface area contributed by atoms with Gasteiger partial charge < -0.3 is 5.73 Å². The van der Waals surface area contributed by atoms with Gasteiger partial charge in [-0.2, -0.15) is 0 Å². The highest BCUT2D eigenvalue weighted by Crippen LogP contribution is 2.15. The zero-order valence-corrected chi connectivity index (χ0v) is 9.86. The summed E-state index contributed by atoms with van der Waals surface area (Å²) in [5, 5.41) is 2.22. The molecule has 15 heavy (non-hydrogen) atoms. The van der Waals surface area contributed by atoms with Crippen molar-refractivity contribution in [2.75, 3.05) is 6.54 Å². The second-order valence-corrected chi connectivity index (χ2v) is 3.19. The summed E-state index contributed by atoms with van der Waals surface area (Å²) < 4.78 is 0. The van der Waals surface area contributed by atoms with Crippen LogP contribution in [0.2, 0.25) is 0 Å². The van der Waals surface area contributed by atoms with Crippen LogP contribution in [0.25, 0.3) is 10.8 Å². The fourth-order valence-electron chi connectivity index (χ4n) is 1.48. The molecule has 0 saturated heterocycles. The molecule has 0 amide bonds. The molecular formula is C12H12BrNO. The molecule has 0 aliphatic carbocycles. The summed E-state index contributed by atoms with van der Waals surface area (Å²) in [6.45, 7) is 0.0678. The average molecular weight is 266 g/mol. The van der Waals surface area contributed by atoms with Crippen molar-refractivity contribution in [3.8, 4) is 0 Å². The maximum absolute atomic E-state index is 11.3. The number of hydrogen-bond acceptors (Lipinski definition) is 2. The van der Waals surface area contributed by atoms with Crippen LogP contribution in [0, 0.1) is 0 Å². The maximum Gasteiger partial charge on any atom is 0.176 e. The molecule has 0 aliphatic heterocycles. The van der Waals surface area contributed by atoms with Crippen LogP contribution in [0.3, 0.4) is 0 Å². The zero-order chi connectivity index (χ0) is 9.97. The first-order valence-corrected chi connectivity index (χ1v) is 4.53. The summed E-state index contributed by atoms with van der Waals surface area (Å²) in [5.74, 6) is -0.0178. The third-order valence-electron chi connectivity index (χ3n) is 2.26. The van der Waals surface area contributed by atoms with E-state index in [2.05, 4.69) is 0 Å². The molecule has 0 radical (unpaired) electrons. The van der Waals surface area contributed by atoms with Crippen molar-refractivity contribution in [1.29, 1.82) is 0 Å². The topological polar surface area (TPSA) is 43.1 Å². The van der Waals surface area contributed by atoms with Crippen LogP contribution in [0.4, 0.5) is 0 Å². The number of Topliss-reactive ketones (excluding diaryl/α,β-unsaturated/α-hetero) is 1. The SMILES string of the molecule is Br.NCC(=O)c1ccc2ccccc2c1. The first-order chi connectivity index (χ1) is 6.81. The predicted molar refractivity (Wildman–Crippen MR) is 67.7 cm³/mol. The number of fused-ring (bicyclic) bond motifs is 1. The van der Waals surface area contributed by atoms with Crippen LogP contribution >= 0.6 is 17.0 Å². The van der Waals surface area contributed by atoms with E-state index in [0.29, 0.717) is 5.56 Å². The monoisotopic (exact) mass is 265 g/mol. The van der Waals surface area contributed by atoms with E-state index in [1.807, 2.05) is 42.5 Å². The first-order valence-electron chi connectivity index (χ1n) is 4.53. The van der Waals surface area contributed by atoms with E-state index in [-0.39, 0.29) is 29.3 Å². The number of hydrogen-bond donors (Lipinski definition) is 1. The lowest BCUT2D eigenvalue weighted by Gasteiger charge is -2.00. The number of nitrogens with two attached hydrogens (primary N) is 1. The lowest BCUT2D eigenvalue weighted by molar-refractivity contribution is 0.100. The van der Waals surface area contributed by atoms with Crippen molar-refractivity contribution in [1.82, 2.24) is 0 Å². The number of carbonyl (C=O) groups excluding carboxylic acids is 1. The Kier molecular flexibility index (Phi) is 4.00. The molecule has 2 N–H and O–H groups in total. The van der Waals surface area contributed by atoms with Gasteiger partial charge in [-0.15, -0.1) is 17.0 Å². The Balaban J connectivity index is 0.00000112. The predicted octanol–water partition coefficient (Wildman–Crippen LogP) is 2.56. The molecule has 0 heterocycles. The molecule has 78 valence electrons. The molecule has 2 aromatic carbocycles. The van der Waals surface area contributed by atoms with Crippen LogP contribution in [0.5, 0.6) is 0 Å². The lowest BCUT2D eigenvalue weighted by atomic mass is 10.0.